The zero-order valence-electron chi connectivity index (χ0n) is 6.93. The highest BCUT2D eigenvalue weighted by Crippen LogP contribution is 2.04. The summed E-state index contributed by atoms with van der Waals surface area (Å²) in [4.78, 5) is 14.4. The lowest BCUT2D eigenvalue weighted by Crippen LogP contribution is -1.95. The van der Waals surface area contributed by atoms with Gasteiger partial charge in [-0.1, -0.05) is 0 Å². The zero-order valence-corrected chi connectivity index (χ0v) is 6.93. The van der Waals surface area contributed by atoms with Crippen molar-refractivity contribution in [3.63, 3.8) is 0 Å². The molecule has 2 heterocycles. The molecule has 0 radical (unpaired) electrons. The second-order valence-corrected chi connectivity index (χ2v) is 2.77. The smallest absolute Gasteiger partial charge is 0.356 e. The van der Waals surface area contributed by atoms with E-state index in [1.807, 2.05) is 6.92 Å². The Kier molecular flexibility index (Phi) is 1.51. The summed E-state index contributed by atoms with van der Waals surface area (Å²) in [7, 11) is 0. The van der Waals surface area contributed by atoms with Gasteiger partial charge in [0.2, 0.25) is 0 Å². The molecule has 5 nitrogen and oxygen atoms in total. The summed E-state index contributed by atoms with van der Waals surface area (Å²) in [6.07, 6.45) is 3.04. The molecule has 2 rings (SSSR count). The number of aromatic nitrogens is 3. The van der Waals surface area contributed by atoms with Crippen LogP contribution < -0.4 is 0 Å². The Labute approximate surface area is 73.6 Å². The van der Waals surface area contributed by atoms with Crippen LogP contribution >= 0.6 is 0 Å². The minimum Gasteiger partial charge on any atom is -0.476 e. The Morgan fingerprint density at radius 2 is 2.38 bits per heavy atom. The van der Waals surface area contributed by atoms with Crippen LogP contribution in [-0.2, 0) is 0 Å². The number of hydrogen-bond donors (Lipinski definition) is 1. The second-order valence-electron chi connectivity index (χ2n) is 2.77. The molecule has 0 amide bonds. The monoisotopic (exact) mass is 177 g/mol. The van der Waals surface area contributed by atoms with Gasteiger partial charge >= 0.3 is 5.97 Å². The summed E-state index contributed by atoms with van der Waals surface area (Å²) in [5, 5.41) is 12.6. The van der Waals surface area contributed by atoms with E-state index in [9.17, 15) is 4.79 Å². The number of carboxylic acid groups (broad SMARTS) is 1. The molecule has 66 valence electrons. The topological polar surface area (TPSA) is 67.5 Å². The molecule has 0 fully saturated rings. The fourth-order valence-corrected chi connectivity index (χ4v) is 1.07. The second kappa shape index (κ2) is 2.55. The predicted molar refractivity (Wildman–Crippen MR) is 44.7 cm³/mol. The van der Waals surface area contributed by atoms with Crippen molar-refractivity contribution in [1.82, 2.24) is 14.6 Å². The van der Waals surface area contributed by atoms with Gasteiger partial charge in [0.25, 0.3) is 0 Å². The highest BCUT2D eigenvalue weighted by Gasteiger charge is 2.08. The van der Waals surface area contributed by atoms with E-state index in [2.05, 4.69) is 10.1 Å². The fraction of sp³-hybridized carbons (Fsp3) is 0.125. The number of aryl methyl sites for hydroxylation is 1. The number of imidazole rings is 1. The van der Waals surface area contributed by atoms with Crippen LogP contribution in [0.2, 0.25) is 0 Å². The largest absolute Gasteiger partial charge is 0.476 e. The van der Waals surface area contributed by atoms with Crippen LogP contribution in [0.3, 0.4) is 0 Å². The van der Waals surface area contributed by atoms with E-state index in [0.717, 1.165) is 5.56 Å². The minimum absolute atomic E-state index is 0.0121. The van der Waals surface area contributed by atoms with Crippen molar-refractivity contribution in [2.45, 2.75) is 6.92 Å². The number of aromatic carboxylic acids is 1. The van der Waals surface area contributed by atoms with Gasteiger partial charge in [-0.3, -0.25) is 0 Å². The van der Waals surface area contributed by atoms with Crippen LogP contribution in [0.1, 0.15) is 16.1 Å². The summed E-state index contributed by atoms with van der Waals surface area (Å²) in [6, 6.07) is 1.78. The minimum atomic E-state index is -1.04. The molecule has 0 unspecified atom stereocenters. The van der Waals surface area contributed by atoms with Gasteiger partial charge in [0, 0.05) is 0 Å². The highest BCUT2D eigenvalue weighted by molar-refractivity contribution is 5.85. The van der Waals surface area contributed by atoms with E-state index >= 15 is 0 Å². The Balaban J connectivity index is 2.68. The molecular formula is C8H7N3O2. The molecule has 0 atom stereocenters. The van der Waals surface area contributed by atoms with Crippen LogP contribution in [0.5, 0.6) is 0 Å². The lowest BCUT2D eigenvalue weighted by atomic mass is 10.3. The standard InChI is InChI=1S/C8H7N3O2/c1-5-2-7-10-6(8(12)13)4-11(7)9-3-5/h2-4H,1H3,(H,12,13). The molecule has 2 aromatic rings. The third-order valence-electron chi connectivity index (χ3n) is 1.68. The summed E-state index contributed by atoms with van der Waals surface area (Å²) < 4.78 is 1.44. The molecule has 0 bridgehead atoms. The highest BCUT2D eigenvalue weighted by atomic mass is 16.4. The van der Waals surface area contributed by atoms with Gasteiger partial charge < -0.3 is 5.11 Å². The maximum Gasteiger partial charge on any atom is 0.356 e. The average molecular weight is 177 g/mol. The number of fused-ring (bicyclic) bond motifs is 1. The molecule has 5 heteroatoms. The van der Waals surface area contributed by atoms with E-state index in [4.69, 9.17) is 5.11 Å². The number of rotatable bonds is 1. The average Bonchev–Trinajstić information content (AvgIpc) is 2.46. The third-order valence-corrected chi connectivity index (χ3v) is 1.68. The lowest BCUT2D eigenvalue weighted by molar-refractivity contribution is 0.0691. The quantitative estimate of drug-likeness (QED) is 0.697. The molecule has 0 spiro atoms. The Bertz CT molecular complexity index is 475. The Hall–Kier alpha value is -1.91. The van der Waals surface area contributed by atoms with Gasteiger partial charge in [-0.15, -0.1) is 0 Å². The van der Waals surface area contributed by atoms with Crippen molar-refractivity contribution in [3.05, 3.63) is 29.7 Å². The normalized spacial score (nSPS) is 10.5. The molecule has 0 aromatic carbocycles. The van der Waals surface area contributed by atoms with Crippen molar-refractivity contribution in [2.24, 2.45) is 0 Å². The van der Waals surface area contributed by atoms with Crippen LogP contribution in [0, 0.1) is 6.92 Å². The van der Waals surface area contributed by atoms with Gasteiger partial charge in [0.15, 0.2) is 11.3 Å². The van der Waals surface area contributed by atoms with E-state index in [0.29, 0.717) is 5.65 Å². The predicted octanol–water partition coefficient (Wildman–Crippen LogP) is 0.736. The fourth-order valence-electron chi connectivity index (χ4n) is 1.07. The van der Waals surface area contributed by atoms with E-state index in [1.165, 1.54) is 10.7 Å². The van der Waals surface area contributed by atoms with Crippen LogP contribution in [0.4, 0.5) is 0 Å². The van der Waals surface area contributed by atoms with E-state index in [1.54, 1.807) is 12.3 Å². The van der Waals surface area contributed by atoms with Crippen molar-refractivity contribution < 1.29 is 9.90 Å². The van der Waals surface area contributed by atoms with Gasteiger partial charge in [0.1, 0.15) is 0 Å². The Morgan fingerprint density at radius 1 is 1.62 bits per heavy atom. The molecule has 0 saturated carbocycles. The van der Waals surface area contributed by atoms with E-state index in [-0.39, 0.29) is 5.69 Å². The van der Waals surface area contributed by atoms with Gasteiger partial charge in [0.05, 0.1) is 12.4 Å². The molecule has 0 saturated heterocycles. The third kappa shape index (κ3) is 1.24. The zero-order chi connectivity index (χ0) is 9.42. The first-order chi connectivity index (χ1) is 6.16. The molecule has 0 aliphatic carbocycles. The molecule has 0 aliphatic rings. The summed E-state index contributed by atoms with van der Waals surface area (Å²) in [5.41, 5.74) is 1.52. The SMILES string of the molecule is Cc1cnn2cc(C(=O)O)nc2c1. The first kappa shape index (κ1) is 7.72. The first-order valence-corrected chi connectivity index (χ1v) is 3.72. The molecule has 0 aliphatic heterocycles. The van der Waals surface area contributed by atoms with Gasteiger partial charge in [-0.25, -0.2) is 14.3 Å². The van der Waals surface area contributed by atoms with E-state index < -0.39 is 5.97 Å². The molecule has 1 N–H and O–H groups in total. The van der Waals surface area contributed by atoms with Crippen molar-refractivity contribution in [2.75, 3.05) is 0 Å². The van der Waals surface area contributed by atoms with Gasteiger partial charge in [-0.05, 0) is 18.6 Å². The number of carboxylic acids is 1. The summed E-state index contributed by atoms with van der Waals surface area (Å²) in [5.74, 6) is -1.04. The first-order valence-electron chi connectivity index (χ1n) is 3.72. The van der Waals surface area contributed by atoms with Crippen LogP contribution in [-0.4, -0.2) is 25.7 Å². The van der Waals surface area contributed by atoms with Crippen molar-refractivity contribution in [1.29, 1.82) is 0 Å². The molecule has 2 aromatic heterocycles. The Morgan fingerprint density at radius 3 is 3.08 bits per heavy atom. The van der Waals surface area contributed by atoms with Crippen LogP contribution in [0.25, 0.3) is 5.65 Å². The number of carbonyl (C=O) groups is 1. The summed E-state index contributed by atoms with van der Waals surface area (Å²) >= 11 is 0. The molecular weight excluding hydrogens is 170 g/mol. The maximum absolute atomic E-state index is 10.6. The molecule has 13 heavy (non-hydrogen) atoms. The number of hydrogen-bond acceptors (Lipinski definition) is 3. The summed E-state index contributed by atoms with van der Waals surface area (Å²) in [6.45, 7) is 1.88. The lowest BCUT2D eigenvalue weighted by Gasteiger charge is -1.91. The van der Waals surface area contributed by atoms with Crippen molar-refractivity contribution in [3.8, 4) is 0 Å². The van der Waals surface area contributed by atoms with Crippen molar-refractivity contribution >= 4 is 11.6 Å². The van der Waals surface area contributed by atoms with Crippen LogP contribution in [0.15, 0.2) is 18.5 Å². The van der Waals surface area contributed by atoms with Gasteiger partial charge in [-0.2, -0.15) is 5.10 Å². The number of nitrogens with zero attached hydrogens (tertiary/aromatic N) is 3. The maximum atomic E-state index is 10.6.